The Labute approximate surface area is 200 Å². The van der Waals surface area contributed by atoms with E-state index in [-0.39, 0.29) is 5.97 Å². The zero-order valence-corrected chi connectivity index (χ0v) is 21.0. The van der Waals surface area contributed by atoms with Crippen molar-refractivity contribution in [2.75, 3.05) is 6.61 Å². The number of hydrogen-bond acceptors (Lipinski definition) is 7. The minimum absolute atomic E-state index is 0.317. The van der Waals surface area contributed by atoms with Gasteiger partial charge in [0, 0.05) is 5.56 Å². The number of benzene rings is 2. The molecule has 0 aliphatic rings. The van der Waals surface area contributed by atoms with Crippen LogP contribution in [-0.4, -0.2) is 27.5 Å². The number of aryl methyl sites for hydroxylation is 3. The summed E-state index contributed by atoms with van der Waals surface area (Å²) in [4.78, 5) is 16.9. The Bertz CT molecular complexity index is 1110. The van der Waals surface area contributed by atoms with Crippen molar-refractivity contribution >= 4 is 17.5 Å². The van der Waals surface area contributed by atoms with Crippen molar-refractivity contribution in [1.29, 1.82) is 0 Å². The maximum absolute atomic E-state index is 12.2. The van der Waals surface area contributed by atoms with Crippen molar-refractivity contribution in [3.8, 4) is 22.9 Å². The van der Waals surface area contributed by atoms with Crippen LogP contribution in [0.5, 0.6) is 11.5 Å². The highest BCUT2D eigenvalue weighted by atomic mass is 32.1. The van der Waals surface area contributed by atoms with Crippen LogP contribution in [0.1, 0.15) is 55.8 Å². The highest BCUT2D eigenvalue weighted by molar-refractivity contribution is 7.05. The summed E-state index contributed by atoms with van der Waals surface area (Å²) >= 11 is 1.34. The minimum atomic E-state index is -1.07. The van der Waals surface area contributed by atoms with Crippen LogP contribution in [-0.2, 0) is 22.6 Å². The highest BCUT2D eigenvalue weighted by Crippen LogP contribution is 2.30. The van der Waals surface area contributed by atoms with Crippen LogP contribution in [0.4, 0.5) is 0 Å². The number of carbonyl (C=O) groups is 1. The topological polar surface area (TPSA) is 70.5 Å². The largest absolute Gasteiger partial charge is 0.486 e. The van der Waals surface area contributed by atoms with Gasteiger partial charge in [-0.15, -0.1) is 0 Å². The summed E-state index contributed by atoms with van der Waals surface area (Å²) < 4.78 is 21.7. The molecule has 0 N–H and O–H groups in total. The molecule has 0 radical (unpaired) electrons. The average molecular weight is 469 g/mol. The van der Waals surface area contributed by atoms with E-state index in [4.69, 9.17) is 14.2 Å². The molecule has 0 amide bonds. The zero-order chi connectivity index (χ0) is 24.0. The van der Waals surface area contributed by atoms with Crippen LogP contribution in [0, 0.1) is 13.8 Å². The molecular formula is C26H32N2O4S. The summed E-state index contributed by atoms with van der Waals surface area (Å²) in [5.74, 6) is 1.72. The van der Waals surface area contributed by atoms with E-state index in [2.05, 4.69) is 42.3 Å². The van der Waals surface area contributed by atoms with Gasteiger partial charge in [-0.25, -0.2) is 9.78 Å². The van der Waals surface area contributed by atoms with Crippen molar-refractivity contribution in [3.05, 3.63) is 58.1 Å². The fraction of sp³-hybridized carbons (Fsp3) is 0.423. The monoisotopic (exact) mass is 468 g/mol. The van der Waals surface area contributed by atoms with E-state index in [9.17, 15) is 4.79 Å². The number of rotatable bonds is 10. The van der Waals surface area contributed by atoms with E-state index in [0.717, 1.165) is 40.6 Å². The van der Waals surface area contributed by atoms with Gasteiger partial charge in [0.25, 0.3) is 0 Å². The quantitative estimate of drug-likeness (QED) is 0.336. The van der Waals surface area contributed by atoms with Gasteiger partial charge in [0.2, 0.25) is 0 Å². The summed E-state index contributed by atoms with van der Waals surface area (Å²) in [5.41, 5.74) is 3.39. The molecule has 6 nitrogen and oxygen atoms in total. The molecule has 0 unspecified atom stereocenters. The summed E-state index contributed by atoms with van der Waals surface area (Å²) in [6.45, 7) is 12.1. The molecule has 0 aliphatic carbocycles. The predicted molar refractivity (Wildman–Crippen MR) is 131 cm³/mol. The second-order valence-electron chi connectivity index (χ2n) is 8.45. The first-order valence-electron chi connectivity index (χ1n) is 11.3. The molecule has 0 fully saturated rings. The summed E-state index contributed by atoms with van der Waals surface area (Å²) in [6, 6.07) is 11.9. The lowest BCUT2D eigenvalue weighted by Gasteiger charge is -2.25. The van der Waals surface area contributed by atoms with Gasteiger partial charge < -0.3 is 14.2 Å². The van der Waals surface area contributed by atoms with Gasteiger partial charge in [0.15, 0.2) is 16.4 Å². The van der Waals surface area contributed by atoms with Crippen LogP contribution >= 0.6 is 11.5 Å². The van der Waals surface area contributed by atoms with Gasteiger partial charge in [0.05, 0.1) is 6.61 Å². The fourth-order valence-electron chi connectivity index (χ4n) is 3.29. The van der Waals surface area contributed by atoms with E-state index >= 15 is 0 Å². The van der Waals surface area contributed by atoms with E-state index in [1.165, 1.54) is 22.7 Å². The van der Waals surface area contributed by atoms with E-state index < -0.39 is 5.60 Å². The number of ether oxygens (including phenoxy) is 3. The molecule has 2 aromatic carbocycles. The lowest BCUT2D eigenvalue weighted by molar-refractivity contribution is -0.158. The zero-order valence-electron chi connectivity index (χ0n) is 20.2. The van der Waals surface area contributed by atoms with E-state index in [1.54, 1.807) is 20.8 Å². The lowest BCUT2D eigenvalue weighted by Crippen LogP contribution is -2.40. The van der Waals surface area contributed by atoms with Crippen molar-refractivity contribution in [2.24, 2.45) is 0 Å². The Morgan fingerprint density at radius 1 is 1.06 bits per heavy atom. The van der Waals surface area contributed by atoms with Crippen LogP contribution in [0.3, 0.4) is 0 Å². The molecule has 3 rings (SSSR count). The Morgan fingerprint density at radius 2 is 1.85 bits per heavy atom. The maximum Gasteiger partial charge on any atom is 0.349 e. The molecular weight excluding hydrogens is 436 g/mol. The normalized spacial score (nSPS) is 11.3. The fourth-order valence-corrected chi connectivity index (χ4v) is 3.86. The van der Waals surface area contributed by atoms with Crippen molar-refractivity contribution in [1.82, 2.24) is 9.36 Å². The standard InChI is InChI=1S/C26H32N2O4S/c1-7-9-19-15-21(12-13-22(19)32-26(5,6)25(29)30-8-2)31-16-23-27-24(28-33-23)20-11-10-17(3)18(4)14-20/h10-15H,7-9,16H2,1-6H3. The Kier molecular flexibility index (Phi) is 8.08. The molecule has 33 heavy (non-hydrogen) atoms. The average Bonchev–Trinajstić information content (AvgIpc) is 3.25. The smallest absolute Gasteiger partial charge is 0.349 e. The molecule has 0 atom stereocenters. The van der Waals surface area contributed by atoms with Gasteiger partial charge in [-0.1, -0.05) is 25.5 Å². The molecule has 176 valence electrons. The molecule has 0 spiro atoms. The van der Waals surface area contributed by atoms with Gasteiger partial charge >= 0.3 is 5.97 Å². The van der Waals surface area contributed by atoms with Gasteiger partial charge in [-0.2, -0.15) is 4.37 Å². The maximum atomic E-state index is 12.2. The first kappa shape index (κ1) is 24.7. The number of hydrogen-bond donors (Lipinski definition) is 0. The molecule has 3 aromatic rings. The number of nitrogens with zero attached hydrogens (tertiary/aromatic N) is 2. The third-order valence-corrected chi connectivity index (χ3v) is 5.96. The van der Waals surface area contributed by atoms with Gasteiger partial charge in [-0.3, -0.25) is 0 Å². The second kappa shape index (κ2) is 10.8. The summed E-state index contributed by atoms with van der Waals surface area (Å²) in [6.07, 6.45) is 1.75. The third kappa shape index (κ3) is 6.32. The number of esters is 1. The van der Waals surface area contributed by atoms with Crippen LogP contribution < -0.4 is 9.47 Å². The van der Waals surface area contributed by atoms with Crippen molar-refractivity contribution < 1.29 is 19.0 Å². The highest BCUT2D eigenvalue weighted by Gasteiger charge is 2.32. The third-order valence-electron chi connectivity index (χ3n) is 5.28. The van der Waals surface area contributed by atoms with Gasteiger partial charge in [-0.05, 0) is 93.5 Å². The van der Waals surface area contributed by atoms with Crippen molar-refractivity contribution in [3.63, 3.8) is 0 Å². The minimum Gasteiger partial charge on any atom is -0.486 e. The Hall–Kier alpha value is -2.93. The van der Waals surface area contributed by atoms with Crippen LogP contribution in [0.15, 0.2) is 36.4 Å². The van der Waals surface area contributed by atoms with Crippen LogP contribution in [0.2, 0.25) is 0 Å². The molecule has 1 aromatic heterocycles. The van der Waals surface area contributed by atoms with Crippen LogP contribution in [0.25, 0.3) is 11.4 Å². The molecule has 1 heterocycles. The predicted octanol–water partition coefficient (Wildman–Crippen LogP) is 6.07. The Balaban J connectivity index is 1.70. The Morgan fingerprint density at radius 3 is 2.55 bits per heavy atom. The molecule has 0 aliphatic heterocycles. The second-order valence-corrected chi connectivity index (χ2v) is 9.29. The van der Waals surface area contributed by atoms with E-state index in [0.29, 0.717) is 19.0 Å². The van der Waals surface area contributed by atoms with Gasteiger partial charge in [0.1, 0.15) is 18.1 Å². The van der Waals surface area contributed by atoms with Crippen molar-refractivity contribution in [2.45, 2.75) is 66.6 Å². The molecule has 7 heteroatoms. The first-order chi connectivity index (χ1) is 15.7. The molecule has 0 bridgehead atoms. The number of aromatic nitrogens is 2. The molecule has 0 saturated carbocycles. The summed E-state index contributed by atoms with van der Waals surface area (Å²) in [7, 11) is 0. The molecule has 0 saturated heterocycles. The first-order valence-corrected chi connectivity index (χ1v) is 12.0. The lowest BCUT2D eigenvalue weighted by atomic mass is 10.1. The van der Waals surface area contributed by atoms with E-state index in [1.807, 2.05) is 24.3 Å². The SMILES string of the molecule is CCCc1cc(OCc2nc(-c3ccc(C)c(C)c3)ns2)ccc1OC(C)(C)C(=O)OCC. The summed E-state index contributed by atoms with van der Waals surface area (Å²) in [5, 5.41) is 0.809. The number of carbonyl (C=O) groups excluding carboxylic acids is 1.